The summed E-state index contributed by atoms with van der Waals surface area (Å²) in [4.78, 5) is 10.4. The third-order valence-corrected chi connectivity index (χ3v) is 3.76. The number of non-ortho nitro benzene ring substituents is 1. The van der Waals surface area contributed by atoms with Crippen LogP contribution >= 0.6 is 15.9 Å². The highest BCUT2D eigenvalue weighted by Gasteiger charge is 2.07. The van der Waals surface area contributed by atoms with Gasteiger partial charge in [0.15, 0.2) is 0 Å². The molecular formula is C16H17BrN2O2. The lowest BCUT2D eigenvalue weighted by Crippen LogP contribution is -2.27. The van der Waals surface area contributed by atoms with Crippen molar-refractivity contribution in [3.05, 3.63) is 74.2 Å². The fourth-order valence-corrected chi connectivity index (χ4v) is 2.38. The van der Waals surface area contributed by atoms with Gasteiger partial charge in [0, 0.05) is 29.2 Å². The van der Waals surface area contributed by atoms with Crippen LogP contribution in [0.15, 0.2) is 53.0 Å². The van der Waals surface area contributed by atoms with E-state index in [1.807, 2.05) is 18.2 Å². The summed E-state index contributed by atoms with van der Waals surface area (Å²) in [6.07, 6.45) is 0.919. The van der Waals surface area contributed by atoms with Crippen LogP contribution in [0.4, 0.5) is 5.69 Å². The van der Waals surface area contributed by atoms with E-state index in [-0.39, 0.29) is 10.6 Å². The topological polar surface area (TPSA) is 55.2 Å². The van der Waals surface area contributed by atoms with Gasteiger partial charge in [-0.2, -0.15) is 0 Å². The summed E-state index contributed by atoms with van der Waals surface area (Å²) < 4.78 is 1.07. The third-order valence-electron chi connectivity index (χ3n) is 3.23. The molecule has 0 aliphatic carbocycles. The van der Waals surface area contributed by atoms with Gasteiger partial charge in [-0.1, -0.05) is 40.2 Å². The van der Waals surface area contributed by atoms with Crippen molar-refractivity contribution in [3.63, 3.8) is 0 Å². The van der Waals surface area contributed by atoms with Crippen molar-refractivity contribution in [3.8, 4) is 0 Å². The van der Waals surface area contributed by atoms with Gasteiger partial charge in [-0.05, 0) is 36.6 Å². The molecular weight excluding hydrogens is 332 g/mol. The number of nitrogens with zero attached hydrogens (tertiary/aromatic N) is 1. The zero-order valence-corrected chi connectivity index (χ0v) is 13.3. The maximum Gasteiger partial charge on any atom is 0.269 e. The van der Waals surface area contributed by atoms with Crippen molar-refractivity contribution in [1.29, 1.82) is 0 Å². The summed E-state index contributed by atoms with van der Waals surface area (Å²) in [7, 11) is 0. The Labute approximate surface area is 132 Å². The lowest BCUT2D eigenvalue weighted by molar-refractivity contribution is -0.384. The Balaban J connectivity index is 1.89. The van der Waals surface area contributed by atoms with E-state index in [0.717, 1.165) is 16.5 Å². The van der Waals surface area contributed by atoms with E-state index in [0.29, 0.717) is 12.6 Å². The van der Waals surface area contributed by atoms with Crippen LogP contribution in [0.5, 0.6) is 0 Å². The van der Waals surface area contributed by atoms with Crippen LogP contribution in [0.2, 0.25) is 0 Å². The van der Waals surface area contributed by atoms with Gasteiger partial charge >= 0.3 is 0 Å². The minimum atomic E-state index is -0.366. The molecule has 2 aromatic rings. The molecule has 4 nitrogen and oxygen atoms in total. The average Bonchev–Trinajstić information content (AvgIpc) is 2.48. The first-order valence-corrected chi connectivity index (χ1v) is 7.55. The van der Waals surface area contributed by atoms with Gasteiger partial charge in [-0.3, -0.25) is 10.1 Å². The molecule has 0 heterocycles. The lowest BCUT2D eigenvalue weighted by Gasteiger charge is -2.14. The fourth-order valence-electron chi connectivity index (χ4n) is 2.12. The molecule has 0 spiro atoms. The molecule has 2 aromatic carbocycles. The number of nitro groups is 1. The minimum absolute atomic E-state index is 0.134. The maximum absolute atomic E-state index is 10.7. The van der Waals surface area contributed by atoms with Gasteiger partial charge in [0.1, 0.15) is 0 Å². The van der Waals surface area contributed by atoms with E-state index in [2.05, 4.69) is 40.3 Å². The molecule has 1 atom stereocenters. The SMILES string of the molecule is CC(Cc1ccc(Br)cc1)NCc1cccc([N+](=O)[O-])c1. The quantitative estimate of drug-likeness (QED) is 0.632. The molecule has 1 N–H and O–H groups in total. The van der Waals surface area contributed by atoms with E-state index < -0.39 is 0 Å². The molecule has 0 amide bonds. The molecule has 21 heavy (non-hydrogen) atoms. The molecule has 0 aliphatic heterocycles. The molecule has 110 valence electrons. The molecule has 0 saturated heterocycles. The van der Waals surface area contributed by atoms with Gasteiger partial charge in [0.2, 0.25) is 0 Å². The number of benzene rings is 2. The van der Waals surface area contributed by atoms with Gasteiger partial charge in [-0.15, -0.1) is 0 Å². The summed E-state index contributed by atoms with van der Waals surface area (Å²) in [6, 6.07) is 15.3. The smallest absolute Gasteiger partial charge is 0.269 e. The highest BCUT2D eigenvalue weighted by Crippen LogP contribution is 2.14. The monoisotopic (exact) mass is 348 g/mol. The minimum Gasteiger partial charge on any atom is -0.310 e. The van der Waals surface area contributed by atoms with Crippen molar-refractivity contribution in [2.24, 2.45) is 0 Å². The Morgan fingerprint density at radius 3 is 2.57 bits per heavy atom. The van der Waals surface area contributed by atoms with Crippen molar-refractivity contribution >= 4 is 21.6 Å². The number of nitrogens with one attached hydrogen (secondary N) is 1. The Morgan fingerprint density at radius 1 is 1.19 bits per heavy atom. The molecule has 0 bridgehead atoms. The molecule has 0 aliphatic rings. The fraction of sp³-hybridized carbons (Fsp3) is 0.250. The normalized spacial score (nSPS) is 12.1. The molecule has 0 fully saturated rings. The highest BCUT2D eigenvalue weighted by molar-refractivity contribution is 9.10. The average molecular weight is 349 g/mol. The summed E-state index contributed by atoms with van der Waals surface area (Å²) in [5.74, 6) is 0. The van der Waals surface area contributed by atoms with Crippen LogP contribution in [0, 0.1) is 10.1 Å². The van der Waals surface area contributed by atoms with Crippen LogP contribution in [-0.4, -0.2) is 11.0 Å². The summed E-state index contributed by atoms with van der Waals surface area (Å²) in [5.41, 5.74) is 2.32. The Morgan fingerprint density at radius 2 is 1.90 bits per heavy atom. The van der Waals surface area contributed by atoms with Gasteiger partial charge in [0.25, 0.3) is 5.69 Å². The largest absolute Gasteiger partial charge is 0.310 e. The summed E-state index contributed by atoms with van der Waals surface area (Å²) >= 11 is 3.42. The first-order valence-electron chi connectivity index (χ1n) is 6.76. The first kappa shape index (κ1) is 15.7. The molecule has 5 heteroatoms. The number of halogens is 1. The van der Waals surface area contributed by atoms with Gasteiger partial charge < -0.3 is 5.32 Å². The molecule has 1 unspecified atom stereocenters. The number of hydrogen-bond acceptors (Lipinski definition) is 3. The Hall–Kier alpha value is -1.72. The van der Waals surface area contributed by atoms with Crippen molar-refractivity contribution in [2.45, 2.75) is 25.9 Å². The second-order valence-electron chi connectivity index (χ2n) is 5.04. The van der Waals surface area contributed by atoms with E-state index in [1.54, 1.807) is 12.1 Å². The molecule has 0 saturated carbocycles. The number of hydrogen-bond donors (Lipinski definition) is 1. The summed E-state index contributed by atoms with van der Waals surface area (Å²) in [5, 5.41) is 14.1. The van der Waals surface area contributed by atoms with E-state index in [1.165, 1.54) is 11.6 Å². The standard InChI is InChI=1S/C16H17BrN2O2/c1-12(9-13-5-7-15(17)8-6-13)18-11-14-3-2-4-16(10-14)19(20)21/h2-8,10,12,18H,9,11H2,1H3. The van der Waals surface area contributed by atoms with Crippen molar-refractivity contribution in [1.82, 2.24) is 5.32 Å². The van der Waals surface area contributed by atoms with Crippen molar-refractivity contribution < 1.29 is 4.92 Å². The Bertz CT molecular complexity index is 614. The van der Waals surface area contributed by atoms with Crippen LogP contribution in [0.3, 0.4) is 0 Å². The maximum atomic E-state index is 10.7. The third kappa shape index (κ3) is 4.95. The zero-order chi connectivity index (χ0) is 15.2. The lowest BCUT2D eigenvalue weighted by atomic mass is 10.1. The molecule has 0 radical (unpaired) electrons. The first-order chi connectivity index (χ1) is 10.0. The number of rotatable bonds is 6. The number of nitro benzene ring substituents is 1. The van der Waals surface area contributed by atoms with Crippen molar-refractivity contribution in [2.75, 3.05) is 0 Å². The highest BCUT2D eigenvalue weighted by atomic mass is 79.9. The van der Waals surface area contributed by atoms with Crippen LogP contribution in [-0.2, 0) is 13.0 Å². The van der Waals surface area contributed by atoms with E-state index in [9.17, 15) is 10.1 Å². The van der Waals surface area contributed by atoms with E-state index >= 15 is 0 Å². The molecule has 2 rings (SSSR count). The van der Waals surface area contributed by atoms with Gasteiger partial charge in [0.05, 0.1) is 4.92 Å². The van der Waals surface area contributed by atoms with Gasteiger partial charge in [-0.25, -0.2) is 0 Å². The molecule has 0 aromatic heterocycles. The summed E-state index contributed by atoms with van der Waals surface area (Å²) in [6.45, 7) is 2.73. The predicted molar refractivity (Wildman–Crippen MR) is 87.2 cm³/mol. The second kappa shape index (κ2) is 7.33. The second-order valence-corrected chi connectivity index (χ2v) is 5.96. The van der Waals surface area contributed by atoms with Crippen LogP contribution < -0.4 is 5.32 Å². The predicted octanol–water partition coefficient (Wildman–Crippen LogP) is 4.08. The van der Waals surface area contributed by atoms with Crippen LogP contribution in [0.1, 0.15) is 18.1 Å². The zero-order valence-electron chi connectivity index (χ0n) is 11.8. The van der Waals surface area contributed by atoms with Crippen LogP contribution in [0.25, 0.3) is 0 Å². The Kier molecular flexibility index (Phi) is 5.47. The van der Waals surface area contributed by atoms with E-state index in [4.69, 9.17) is 0 Å².